The fourth-order valence-electron chi connectivity index (χ4n) is 3.18. The number of carbonyl (C=O) groups is 1. The van der Waals surface area contributed by atoms with Crippen LogP contribution in [0.25, 0.3) is 0 Å². The molecule has 0 fully saturated rings. The standard InChI is InChI=1S/C17H21NOS/c1-11(2)20-15-8-6-5-7-12(15)18-13-9-17(3,4)10-14(19)16(13)20/h5-8,11H,9-10H2,1-4H3/p+1. The molecule has 0 saturated carbocycles. The largest absolute Gasteiger partial charge is 0.351 e. The van der Waals surface area contributed by atoms with Crippen molar-refractivity contribution in [2.24, 2.45) is 5.41 Å². The van der Waals surface area contributed by atoms with Crippen molar-refractivity contribution in [1.82, 2.24) is 0 Å². The normalized spacial score (nSPS) is 24.2. The van der Waals surface area contributed by atoms with E-state index in [1.54, 1.807) is 0 Å². The zero-order valence-electron chi connectivity index (χ0n) is 12.6. The van der Waals surface area contributed by atoms with E-state index in [2.05, 4.69) is 57.3 Å². The number of fused-ring (bicyclic) bond motifs is 1. The molecule has 106 valence electrons. The van der Waals surface area contributed by atoms with E-state index in [9.17, 15) is 4.79 Å². The van der Waals surface area contributed by atoms with Crippen LogP contribution in [0.2, 0.25) is 0 Å². The monoisotopic (exact) mass is 288 g/mol. The third-order valence-corrected chi connectivity index (χ3v) is 6.61. The lowest BCUT2D eigenvalue weighted by atomic mass is 9.78. The number of rotatable bonds is 1. The zero-order valence-corrected chi connectivity index (χ0v) is 13.4. The Labute approximate surface area is 124 Å². The number of nitrogens with one attached hydrogen (secondary N) is 1. The van der Waals surface area contributed by atoms with E-state index in [4.69, 9.17) is 0 Å². The van der Waals surface area contributed by atoms with E-state index >= 15 is 0 Å². The van der Waals surface area contributed by atoms with Crippen molar-refractivity contribution >= 4 is 22.4 Å². The summed E-state index contributed by atoms with van der Waals surface area (Å²) in [6, 6.07) is 8.44. The minimum absolute atomic E-state index is 0.0706. The molecule has 2 aliphatic rings. The molecule has 0 amide bonds. The molecular weight excluding hydrogens is 266 g/mol. The average Bonchev–Trinajstić information content (AvgIpc) is 2.34. The van der Waals surface area contributed by atoms with Crippen LogP contribution in [0, 0.1) is 5.41 Å². The Morgan fingerprint density at radius 2 is 1.90 bits per heavy atom. The summed E-state index contributed by atoms with van der Waals surface area (Å²) < 4.78 is 0. The highest BCUT2D eigenvalue weighted by atomic mass is 32.2. The Balaban J connectivity index is 2.15. The Bertz CT molecular complexity index is 601. The Kier molecular flexibility index (Phi) is 3.20. The zero-order chi connectivity index (χ0) is 14.5. The molecule has 1 atom stereocenters. The maximum Gasteiger partial charge on any atom is 0.223 e. The Morgan fingerprint density at radius 3 is 2.60 bits per heavy atom. The van der Waals surface area contributed by atoms with Crippen LogP contribution in [0.4, 0.5) is 5.69 Å². The number of para-hydroxylation sites is 1. The fourth-order valence-corrected chi connectivity index (χ4v) is 5.67. The first-order chi connectivity index (χ1) is 9.39. The van der Waals surface area contributed by atoms with Gasteiger partial charge in [-0.05, 0) is 37.8 Å². The smallest absolute Gasteiger partial charge is 0.223 e. The van der Waals surface area contributed by atoms with Crippen LogP contribution in [0.15, 0.2) is 39.8 Å². The lowest BCUT2D eigenvalue weighted by Crippen LogP contribution is -2.36. The quantitative estimate of drug-likeness (QED) is 0.788. The summed E-state index contributed by atoms with van der Waals surface area (Å²) in [6.07, 6.45) is 1.64. The summed E-state index contributed by atoms with van der Waals surface area (Å²) in [4.78, 5) is 15.0. The van der Waals surface area contributed by atoms with Gasteiger partial charge in [0, 0.05) is 6.42 Å². The van der Waals surface area contributed by atoms with E-state index in [1.165, 1.54) is 16.3 Å². The number of ketones is 1. The second-order valence-electron chi connectivity index (χ2n) is 6.76. The molecule has 1 heterocycles. The SMILES string of the molecule is CC(C)[S+]1C2=C(CC(C)(C)CC2=O)Nc2ccccc21. The predicted octanol–water partition coefficient (Wildman–Crippen LogP) is 4.10. The lowest BCUT2D eigenvalue weighted by molar-refractivity contribution is -0.117. The first kappa shape index (κ1) is 13.7. The summed E-state index contributed by atoms with van der Waals surface area (Å²) in [5.74, 6) is 0.343. The van der Waals surface area contributed by atoms with Gasteiger partial charge in [-0.15, -0.1) is 0 Å². The summed E-state index contributed by atoms with van der Waals surface area (Å²) in [5.41, 5.74) is 2.43. The van der Waals surface area contributed by atoms with E-state index in [0.29, 0.717) is 17.5 Å². The van der Waals surface area contributed by atoms with Crippen LogP contribution >= 0.6 is 0 Å². The third-order valence-electron chi connectivity index (χ3n) is 3.92. The van der Waals surface area contributed by atoms with E-state index in [1.807, 2.05) is 0 Å². The molecule has 1 aliphatic carbocycles. The number of carbonyl (C=O) groups excluding carboxylic acids is 1. The molecule has 1 aliphatic heterocycles. The minimum Gasteiger partial charge on any atom is -0.351 e. The van der Waals surface area contributed by atoms with Crippen molar-refractivity contribution in [2.75, 3.05) is 5.32 Å². The van der Waals surface area contributed by atoms with Gasteiger partial charge in [0.25, 0.3) is 0 Å². The number of benzene rings is 1. The molecule has 1 aromatic rings. The molecule has 1 N–H and O–H groups in total. The number of anilines is 1. The summed E-state index contributed by atoms with van der Waals surface area (Å²) >= 11 is 0. The van der Waals surface area contributed by atoms with Gasteiger partial charge >= 0.3 is 0 Å². The van der Waals surface area contributed by atoms with Gasteiger partial charge in [-0.2, -0.15) is 0 Å². The van der Waals surface area contributed by atoms with Gasteiger partial charge in [0.1, 0.15) is 5.25 Å². The Hall–Kier alpha value is -1.22. The molecule has 1 unspecified atom stereocenters. The van der Waals surface area contributed by atoms with Crippen molar-refractivity contribution in [3.8, 4) is 0 Å². The highest BCUT2D eigenvalue weighted by Crippen LogP contribution is 2.46. The van der Waals surface area contributed by atoms with Gasteiger partial charge in [0.05, 0.1) is 22.3 Å². The molecular formula is C17H22NOS+. The number of Topliss-reactive ketones (excluding diaryl/α,β-unsaturated/α-hetero) is 1. The van der Waals surface area contributed by atoms with Gasteiger partial charge in [0.15, 0.2) is 4.90 Å². The van der Waals surface area contributed by atoms with Gasteiger partial charge in [-0.25, -0.2) is 0 Å². The molecule has 3 heteroatoms. The molecule has 3 rings (SSSR count). The van der Waals surface area contributed by atoms with E-state index in [-0.39, 0.29) is 16.3 Å². The second-order valence-corrected chi connectivity index (χ2v) is 9.22. The van der Waals surface area contributed by atoms with Crippen molar-refractivity contribution in [2.45, 2.75) is 50.7 Å². The number of hydrogen-bond acceptors (Lipinski definition) is 2. The first-order valence-electron chi connectivity index (χ1n) is 7.24. The van der Waals surface area contributed by atoms with Crippen LogP contribution in [0.3, 0.4) is 0 Å². The third kappa shape index (κ3) is 2.18. The highest BCUT2D eigenvalue weighted by molar-refractivity contribution is 8.02. The first-order valence-corrected chi connectivity index (χ1v) is 8.53. The maximum atomic E-state index is 12.7. The topological polar surface area (TPSA) is 29.1 Å². The summed E-state index contributed by atoms with van der Waals surface area (Å²) in [5, 5.41) is 4.00. The molecule has 2 nitrogen and oxygen atoms in total. The van der Waals surface area contributed by atoms with Gasteiger partial charge in [-0.1, -0.05) is 26.0 Å². The molecule has 20 heavy (non-hydrogen) atoms. The van der Waals surface area contributed by atoms with Crippen LogP contribution in [0.1, 0.15) is 40.5 Å². The molecule has 0 bridgehead atoms. The number of hydrogen-bond donors (Lipinski definition) is 1. The van der Waals surface area contributed by atoms with Crippen LogP contribution in [-0.2, 0) is 15.7 Å². The second kappa shape index (κ2) is 4.66. The maximum absolute atomic E-state index is 12.7. The van der Waals surface area contributed by atoms with Gasteiger partial charge in [-0.3, -0.25) is 4.79 Å². The van der Waals surface area contributed by atoms with Crippen molar-refractivity contribution < 1.29 is 4.79 Å². The summed E-state index contributed by atoms with van der Waals surface area (Å²) in [6.45, 7) is 8.82. The minimum atomic E-state index is -0.0835. The van der Waals surface area contributed by atoms with E-state index < -0.39 is 0 Å². The molecule has 0 spiro atoms. The average molecular weight is 288 g/mol. The van der Waals surface area contributed by atoms with Crippen molar-refractivity contribution in [3.05, 3.63) is 34.9 Å². The predicted molar refractivity (Wildman–Crippen MR) is 85.9 cm³/mol. The van der Waals surface area contributed by atoms with Crippen LogP contribution < -0.4 is 5.32 Å². The van der Waals surface area contributed by atoms with Crippen LogP contribution in [0.5, 0.6) is 0 Å². The fraction of sp³-hybridized carbons (Fsp3) is 0.471. The Morgan fingerprint density at radius 1 is 1.20 bits per heavy atom. The van der Waals surface area contributed by atoms with Crippen molar-refractivity contribution in [3.63, 3.8) is 0 Å². The molecule has 0 saturated heterocycles. The molecule has 1 aromatic carbocycles. The van der Waals surface area contributed by atoms with Gasteiger partial charge < -0.3 is 5.32 Å². The molecule has 0 radical (unpaired) electrons. The van der Waals surface area contributed by atoms with Gasteiger partial charge in [0.2, 0.25) is 10.7 Å². The summed E-state index contributed by atoms with van der Waals surface area (Å²) in [7, 11) is -0.0835. The van der Waals surface area contributed by atoms with E-state index in [0.717, 1.165) is 11.3 Å². The van der Waals surface area contributed by atoms with Crippen LogP contribution in [-0.4, -0.2) is 11.0 Å². The highest BCUT2D eigenvalue weighted by Gasteiger charge is 2.48. The number of allylic oxidation sites excluding steroid dienone is 2. The molecule has 0 aromatic heterocycles. The van der Waals surface area contributed by atoms with Crippen molar-refractivity contribution in [1.29, 1.82) is 0 Å². The lowest BCUT2D eigenvalue weighted by Gasteiger charge is -2.34.